The fourth-order valence-corrected chi connectivity index (χ4v) is 2.49. The van der Waals surface area contributed by atoms with E-state index in [0.717, 1.165) is 5.33 Å². The van der Waals surface area contributed by atoms with Gasteiger partial charge < -0.3 is 10.6 Å². The average molecular weight is 314 g/mol. The van der Waals surface area contributed by atoms with Gasteiger partial charge in [-0.05, 0) is 12.0 Å². The van der Waals surface area contributed by atoms with Crippen LogP contribution in [0.25, 0.3) is 0 Å². The van der Waals surface area contributed by atoms with E-state index in [0.29, 0.717) is 18.7 Å². The van der Waals surface area contributed by atoms with E-state index in [-0.39, 0.29) is 23.2 Å². The molecule has 1 saturated heterocycles. The van der Waals surface area contributed by atoms with Gasteiger partial charge in [0.2, 0.25) is 5.91 Å². The second-order valence-electron chi connectivity index (χ2n) is 4.20. The van der Waals surface area contributed by atoms with E-state index in [1.54, 1.807) is 12.1 Å². The summed E-state index contributed by atoms with van der Waals surface area (Å²) in [6.45, 7) is 0.537. The summed E-state index contributed by atoms with van der Waals surface area (Å²) in [6.07, 6.45) is 0.438. The SMILES string of the molecule is Nc1c(N2CC(CBr)CC2=O)cccc1[N+](=O)[O-]. The Balaban J connectivity index is 2.37. The van der Waals surface area contributed by atoms with E-state index in [1.165, 1.54) is 11.0 Å². The lowest BCUT2D eigenvalue weighted by atomic mass is 10.2. The molecular weight excluding hydrogens is 302 g/mol. The molecule has 18 heavy (non-hydrogen) atoms. The van der Waals surface area contributed by atoms with Crippen LogP contribution in [-0.2, 0) is 4.79 Å². The molecule has 1 aliphatic rings. The minimum Gasteiger partial charge on any atom is -0.391 e. The van der Waals surface area contributed by atoms with Crippen LogP contribution in [0.1, 0.15) is 6.42 Å². The van der Waals surface area contributed by atoms with Gasteiger partial charge in [0, 0.05) is 24.4 Å². The van der Waals surface area contributed by atoms with Crippen molar-refractivity contribution < 1.29 is 9.72 Å². The Morgan fingerprint density at radius 1 is 1.56 bits per heavy atom. The number of rotatable bonds is 3. The van der Waals surface area contributed by atoms with Gasteiger partial charge in [0.15, 0.2) is 0 Å². The molecule has 1 aromatic carbocycles. The van der Waals surface area contributed by atoms with Crippen molar-refractivity contribution in [2.45, 2.75) is 6.42 Å². The number of nitrogens with two attached hydrogens (primary N) is 1. The van der Waals surface area contributed by atoms with E-state index in [9.17, 15) is 14.9 Å². The predicted molar refractivity (Wildman–Crippen MR) is 71.8 cm³/mol. The monoisotopic (exact) mass is 313 g/mol. The second-order valence-corrected chi connectivity index (χ2v) is 4.84. The Hall–Kier alpha value is -1.63. The molecule has 96 valence electrons. The molecule has 1 atom stereocenters. The summed E-state index contributed by atoms with van der Waals surface area (Å²) < 4.78 is 0. The van der Waals surface area contributed by atoms with Crippen LogP contribution in [0, 0.1) is 16.0 Å². The van der Waals surface area contributed by atoms with Gasteiger partial charge in [-0.3, -0.25) is 14.9 Å². The number of nitrogen functional groups attached to an aromatic ring is 1. The molecule has 1 amide bonds. The Morgan fingerprint density at radius 3 is 2.83 bits per heavy atom. The molecule has 7 heteroatoms. The quantitative estimate of drug-likeness (QED) is 0.399. The molecule has 1 heterocycles. The van der Waals surface area contributed by atoms with Crippen molar-refractivity contribution in [1.29, 1.82) is 0 Å². The predicted octanol–water partition coefficient (Wildman–Crippen LogP) is 1.92. The molecule has 0 aliphatic carbocycles. The van der Waals surface area contributed by atoms with Crippen LogP contribution >= 0.6 is 15.9 Å². The van der Waals surface area contributed by atoms with Crippen LogP contribution in [0.4, 0.5) is 17.1 Å². The molecule has 0 spiro atoms. The zero-order valence-electron chi connectivity index (χ0n) is 9.51. The van der Waals surface area contributed by atoms with Crippen molar-refractivity contribution >= 4 is 38.9 Å². The molecule has 1 aliphatic heterocycles. The van der Waals surface area contributed by atoms with Crippen LogP contribution < -0.4 is 10.6 Å². The van der Waals surface area contributed by atoms with Crippen molar-refractivity contribution in [1.82, 2.24) is 0 Å². The van der Waals surface area contributed by atoms with E-state index < -0.39 is 4.92 Å². The van der Waals surface area contributed by atoms with Crippen LogP contribution in [0.2, 0.25) is 0 Å². The third-order valence-electron chi connectivity index (χ3n) is 2.97. The third kappa shape index (κ3) is 2.17. The number of para-hydroxylation sites is 1. The third-order valence-corrected chi connectivity index (χ3v) is 3.89. The highest BCUT2D eigenvalue weighted by molar-refractivity contribution is 9.09. The number of nitro benzene ring substituents is 1. The van der Waals surface area contributed by atoms with Gasteiger partial charge in [0.1, 0.15) is 5.69 Å². The second kappa shape index (κ2) is 4.93. The lowest BCUT2D eigenvalue weighted by Gasteiger charge is -2.18. The fraction of sp³-hybridized carbons (Fsp3) is 0.364. The lowest BCUT2D eigenvalue weighted by molar-refractivity contribution is -0.383. The molecule has 2 rings (SSSR count). The molecule has 0 bridgehead atoms. The lowest BCUT2D eigenvalue weighted by Crippen LogP contribution is -2.25. The number of halogens is 1. The maximum atomic E-state index is 11.9. The Morgan fingerprint density at radius 2 is 2.28 bits per heavy atom. The van der Waals surface area contributed by atoms with Gasteiger partial charge in [-0.2, -0.15) is 0 Å². The van der Waals surface area contributed by atoms with Crippen LogP contribution in [0.5, 0.6) is 0 Å². The Bertz CT molecular complexity index is 506. The zero-order valence-corrected chi connectivity index (χ0v) is 11.1. The number of alkyl halides is 1. The first-order valence-corrected chi connectivity index (χ1v) is 6.56. The van der Waals surface area contributed by atoms with E-state index in [4.69, 9.17) is 5.73 Å². The summed E-state index contributed by atoms with van der Waals surface area (Å²) in [5.41, 5.74) is 6.08. The number of anilines is 2. The first kappa shape index (κ1) is 12.8. The minimum atomic E-state index is -0.540. The fourth-order valence-electron chi connectivity index (χ4n) is 2.05. The highest BCUT2D eigenvalue weighted by atomic mass is 79.9. The van der Waals surface area contributed by atoms with E-state index in [1.807, 2.05) is 0 Å². The molecule has 1 aromatic rings. The Kier molecular flexibility index (Phi) is 3.51. The molecule has 0 aromatic heterocycles. The summed E-state index contributed by atoms with van der Waals surface area (Å²) in [5.74, 6) is 0.169. The number of benzene rings is 1. The zero-order chi connectivity index (χ0) is 13.3. The minimum absolute atomic E-state index is 0.0473. The number of amides is 1. The maximum absolute atomic E-state index is 11.9. The van der Waals surface area contributed by atoms with Crippen molar-refractivity contribution in [2.24, 2.45) is 5.92 Å². The molecular formula is C11H12BrN3O3. The number of nitrogens with zero attached hydrogens (tertiary/aromatic N) is 2. The summed E-state index contributed by atoms with van der Waals surface area (Å²) in [4.78, 5) is 23.6. The normalized spacial score (nSPS) is 19.3. The maximum Gasteiger partial charge on any atom is 0.294 e. The molecule has 0 radical (unpaired) electrons. The smallest absolute Gasteiger partial charge is 0.294 e. The van der Waals surface area contributed by atoms with E-state index >= 15 is 0 Å². The van der Waals surface area contributed by atoms with Crippen LogP contribution in [0.15, 0.2) is 18.2 Å². The van der Waals surface area contributed by atoms with Gasteiger partial charge in [0.05, 0.1) is 10.6 Å². The van der Waals surface area contributed by atoms with Crippen molar-refractivity contribution in [3.8, 4) is 0 Å². The highest BCUT2D eigenvalue weighted by Crippen LogP contribution is 2.35. The molecule has 1 fully saturated rings. The summed E-state index contributed by atoms with van der Waals surface area (Å²) in [5, 5.41) is 11.5. The first-order valence-electron chi connectivity index (χ1n) is 5.43. The average Bonchev–Trinajstić information content (AvgIpc) is 2.70. The van der Waals surface area contributed by atoms with Gasteiger partial charge in [0.25, 0.3) is 5.69 Å². The van der Waals surface area contributed by atoms with Crippen LogP contribution in [-0.4, -0.2) is 22.7 Å². The van der Waals surface area contributed by atoms with Crippen molar-refractivity contribution in [3.63, 3.8) is 0 Å². The molecule has 1 unspecified atom stereocenters. The number of nitro groups is 1. The van der Waals surface area contributed by atoms with Crippen LogP contribution in [0.3, 0.4) is 0 Å². The first-order chi connectivity index (χ1) is 8.54. The summed E-state index contributed by atoms with van der Waals surface area (Å²) >= 11 is 3.34. The van der Waals surface area contributed by atoms with Crippen molar-refractivity contribution in [3.05, 3.63) is 28.3 Å². The number of hydrogen-bond donors (Lipinski definition) is 1. The number of carbonyl (C=O) groups is 1. The highest BCUT2D eigenvalue weighted by Gasteiger charge is 2.32. The number of hydrogen-bond acceptors (Lipinski definition) is 4. The summed E-state index contributed by atoms with van der Waals surface area (Å²) in [7, 11) is 0. The topological polar surface area (TPSA) is 89.5 Å². The largest absolute Gasteiger partial charge is 0.391 e. The van der Waals surface area contributed by atoms with Crippen molar-refractivity contribution in [2.75, 3.05) is 22.5 Å². The molecule has 6 nitrogen and oxygen atoms in total. The molecule has 2 N–H and O–H groups in total. The van der Waals surface area contributed by atoms with Gasteiger partial charge in [-0.15, -0.1) is 0 Å². The van der Waals surface area contributed by atoms with Gasteiger partial charge in [-0.1, -0.05) is 22.0 Å². The number of carbonyl (C=O) groups excluding carboxylic acids is 1. The van der Waals surface area contributed by atoms with E-state index in [2.05, 4.69) is 15.9 Å². The molecule has 0 saturated carbocycles. The Labute approximate surface area is 112 Å². The summed E-state index contributed by atoms with van der Waals surface area (Å²) in [6, 6.07) is 4.51. The van der Waals surface area contributed by atoms with Gasteiger partial charge >= 0.3 is 0 Å². The van der Waals surface area contributed by atoms with Gasteiger partial charge in [-0.25, -0.2) is 0 Å². The standard InChI is InChI=1S/C11H12BrN3O3/c12-5-7-4-10(16)14(6-7)8-2-1-3-9(11(8)13)15(17)18/h1-3,7H,4-6,13H2.